The molecule has 1 aromatic heterocycles. The van der Waals surface area contributed by atoms with E-state index in [4.69, 9.17) is 23.2 Å². The van der Waals surface area contributed by atoms with E-state index in [1.165, 1.54) is 0 Å². The zero-order valence-corrected chi connectivity index (χ0v) is 10.1. The minimum Gasteiger partial charge on any atom is -0.275 e. The molecule has 0 fully saturated rings. The van der Waals surface area contributed by atoms with Gasteiger partial charge in [-0.15, -0.1) is 0 Å². The van der Waals surface area contributed by atoms with Gasteiger partial charge in [0.2, 0.25) is 0 Å². The van der Waals surface area contributed by atoms with Gasteiger partial charge in [-0.2, -0.15) is 5.10 Å². The Bertz CT molecular complexity index is 377. The Hall–Kier alpha value is -0.540. The van der Waals surface area contributed by atoms with E-state index in [0.717, 1.165) is 0 Å². The summed E-state index contributed by atoms with van der Waals surface area (Å²) in [7, 11) is 0. The molecule has 0 N–H and O–H groups in total. The fourth-order valence-corrected chi connectivity index (χ4v) is 1.96. The molecule has 0 saturated heterocycles. The minimum atomic E-state index is -0.567. The van der Waals surface area contributed by atoms with Crippen molar-refractivity contribution in [2.24, 2.45) is 0 Å². The molecule has 0 aliphatic carbocycles. The summed E-state index contributed by atoms with van der Waals surface area (Å²) in [6, 6.07) is 0. The summed E-state index contributed by atoms with van der Waals surface area (Å²) >= 11 is 11.4. The molecule has 0 saturated carbocycles. The molecule has 0 spiro atoms. The first-order chi connectivity index (χ1) is 6.25. The molecular formula is C9H12Cl2N2O. The van der Waals surface area contributed by atoms with E-state index in [1.54, 1.807) is 11.6 Å². The summed E-state index contributed by atoms with van der Waals surface area (Å²) in [5, 5.41) is 3.92. The molecule has 1 aromatic rings. The first-order valence-corrected chi connectivity index (χ1v) is 4.96. The Morgan fingerprint density at radius 3 is 2.14 bits per heavy atom. The summed E-state index contributed by atoms with van der Waals surface area (Å²) in [6.45, 7) is 7.57. The van der Waals surface area contributed by atoms with Crippen molar-refractivity contribution in [2.75, 3.05) is 0 Å². The van der Waals surface area contributed by atoms with Crippen molar-refractivity contribution in [2.45, 2.75) is 33.2 Å². The number of carbonyl (C=O) groups is 1. The molecule has 78 valence electrons. The number of hydrogen-bond acceptors (Lipinski definition) is 2. The second-order valence-corrected chi connectivity index (χ2v) is 4.81. The molecule has 3 nitrogen and oxygen atoms in total. The maximum absolute atomic E-state index is 11.1. The van der Waals surface area contributed by atoms with E-state index in [9.17, 15) is 4.79 Å². The van der Waals surface area contributed by atoms with Crippen LogP contribution >= 0.6 is 23.2 Å². The van der Waals surface area contributed by atoms with Crippen molar-refractivity contribution in [3.05, 3.63) is 16.4 Å². The van der Waals surface area contributed by atoms with Gasteiger partial charge in [-0.25, -0.2) is 4.68 Å². The number of hydrogen-bond donors (Lipinski definition) is 0. The molecule has 0 aliphatic rings. The van der Waals surface area contributed by atoms with Gasteiger partial charge < -0.3 is 0 Å². The zero-order chi connectivity index (χ0) is 11.1. The van der Waals surface area contributed by atoms with Crippen LogP contribution in [0.4, 0.5) is 0 Å². The average molecular weight is 235 g/mol. The Morgan fingerprint density at radius 1 is 1.43 bits per heavy atom. The molecule has 0 radical (unpaired) electrons. The summed E-state index contributed by atoms with van der Waals surface area (Å²) in [5.74, 6) is 0. The fraction of sp³-hybridized carbons (Fsp3) is 0.556. The number of halogens is 2. The normalized spacial score (nSPS) is 11.9. The van der Waals surface area contributed by atoms with Gasteiger partial charge in [0.25, 0.3) is 5.24 Å². The summed E-state index contributed by atoms with van der Waals surface area (Å²) < 4.78 is 1.60. The van der Waals surface area contributed by atoms with Crippen molar-refractivity contribution in [1.29, 1.82) is 0 Å². The largest absolute Gasteiger partial charge is 0.275 e. The standard InChI is InChI=1S/C9H12Cl2N2O/c1-5-6(8(11)14)7(10)13(12-5)9(2,3)4/h1-4H3. The molecule has 0 bridgehead atoms. The van der Waals surface area contributed by atoms with Crippen molar-refractivity contribution in [3.8, 4) is 0 Å². The lowest BCUT2D eigenvalue weighted by Crippen LogP contribution is -2.23. The molecule has 0 amide bonds. The number of aromatic nitrogens is 2. The Balaban J connectivity index is 3.39. The molecule has 0 aliphatic heterocycles. The van der Waals surface area contributed by atoms with Gasteiger partial charge in [0, 0.05) is 0 Å². The van der Waals surface area contributed by atoms with Crippen LogP contribution in [0.5, 0.6) is 0 Å². The maximum Gasteiger partial charge on any atom is 0.257 e. The third kappa shape index (κ3) is 1.93. The fourth-order valence-electron chi connectivity index (χ4n) is 1.17. The monoisotopic (exact) mass is 234 g/mol. The predicted octanol–water partition coefficient (Wildman–Crippen LogP) is 2.98. The smallest absolute Gasteiger partial charge is 0.257 e. The van der Waals surface area contributed by atoms with Crippen LogP contribution in [0, 0.1) is 6.92 Å². The van der Waals surface area contributed by atoms with E-state index >= 15 is 0 Å². The molecule has 5 heteroatoms. The van der Waals surface area contributed by atoms with Crippen molar-refractivity contribution < 1.29 is 4.79 Å². The van der Waals surface area contributed by atoms with E-state index < -0.39 is 5.24 Å². The lowest BCUT2D eigenvalue weighted by Gasteiger charge is -2.20. The Kier molecular flexibility index (Phi) is 2.93. The highest BCUT2D eigenvalue weighted by atomic mass is 35.5. The molecule has 0 unspecified atom stereocenters. The first kappa shape index (κ1) is 11.5. The van der Waals surface area contributed by atoms with Crippen LogP contribution in [0.2, 0.25) is 5.15 Å². The van der Waals surface area contributed by atoms with Crippen LogP contribution in [-0.4, -0.2) is 15.0 Å². The number of aryl methyl sites for hydroxylation is 1. The molecule has 0 aromatic carbocycles. The highest BCUT2D eigenvalue weighted by Gasteiger charge is 2.24. The number of rotatable bonds is 1. The summed E-state index contributed by atoms with van der Waals surface area (Å²) in [5.41, 5.74) is 0.597. The average Bonchev–Trinajstić information content (AvgIpc) is 2.24. The van der Waals surface area contributed by atoms with Gasteiger partial charge in [-0.05, 0) is 39.3 Å². The second-order valence-electron chi connectivity index (χ2n) is 4.11. The van der Waals surface area contributed by atoms with Gasteiger partial charge in [0.05, 0.1) is 16.8 Å². The second kappa shape index (κ2) is 3.55. The maximum atomic E-state index is 11.1. The van der Waals surface area contributed by atoms with Gasteiger partial charge in [-0.3, -0.25) is 4.79 Å². The minimum absolute atomic E-state index is 0.258. The number of carbonyl (C=O) groups excluding carboxylic acids is 1. The third-order valence-electron chi connectivity index (χ3n) is 1.84. The highest BCUT2D eigenvalue weighted by molar-refractivity contribution is 6.68. The van der Waals surface area contributed by atoms with Gasteiger partial charge in [-0.1, -0.05) is 11.6 Å². The van der Waals surface area contributed by atoms with Crippen molar-refractivity contribution in [3.63, 3.8) is 0 Å². The van der Waals surface area contributed by atoms with Crippen LogP contribution in [0.1, 0.15) is 36.8 Å². The first-order valence-electron chi connectivity index (χ1n) is 4.20. The topological polar surface area (TPSA) is 34.9 Å². The van der Waals surface area contributed by atoms with Crippen LogP contribution < -0.4 is 0 Å². The van der Waals surface area contributed by atoms with E-state index in [1.807, 2.05) is 20.8 Å². The summed E-state index contributed by atoms with van der Waals surface area (Å²) in [4.78, 5) is 11.1. The quantitative estimate of drug-likeness (QED) is 0.701. The van der Waals surface area contributed by atoms with Gasteiger partial charge in [0.1, 0.15) is 5.15 Å². The lowest BCUT2D eigenvalue weighted by molar-refractivity contribution is 0.108. The Morgan fingerprint density at radius 2 is 1.93 bits per heavy atom. The molecule has 1 heterocycles. The molecule has 1 rings (SSSR count). The summed E-state index contributed by atoms with van der Waals surface area (Å²) in [6.07, 6.45) is 0. The highest BCUT2D eigenvalue weighted by Crippen LogP contribution is 2.27. The van der Waals surface area contributed by atoms with Crippen molar-refractivity contribution >= 4 is 28.4 Å². The van der Waals surface area contributed by atoms with E-state index in [-0.39, 0.29) is 5.54 Å². The van der Waals surface area contributed by atoms with Crippen LogP contribution in [0.15, 0.2) is 0 Å². The van der Waals surface area contributed by atoms with Crippen LogP contribution in [0.25, 0.3) is 0 Å². The van der Waals surface area contributed by atoms with E-state index in [0.29, 0.717) is 16.4 Å². The third-order valence-corrected chi connectivity index (χ3v) is 2.37. The van der Waals surface area contributed by atoms with Gasteiger partial charge >= 0.3 is 0 Å². The SMILES string of the molecule is Cc1nn(C(C)(C)C)c(Cl)c1C(=O)Cl. The lowest BCUT2D eigenvalue weighted by atomic mass is 10.1. The van der Waals surface area contributed by atoms with Crippen molar-refractivity contribution in [1.82, 2.24) is 9.78 Å². The zero-order valence-electron chi connectivity index (χ0n) is 8.56. The number of nitrogens with zero attached hydrogens (tertiary/aromatic N) is 2. The van der Waals surface area contributed by atoms with Crippen LogP contribution in [-0.2, 0) is 5.54 Å². The van der Waals surface area contributed by atoms with E-state index in [2.05, 4.69) is 5.10 Å². The Labute approximate surface area is 93.0 Å². The predicted molar refractivity (Wildman–Crippen MR) is 57.2 cm³/mol. The van der Waals surface area contributed by atoms with Gasteiger partial charge in [0.15, 0.2) is 0 Å². The molecule has 14 heavy (non-hydrogen) atoms. The molecular weight excluding hydrogens is 223 g/mol. The van der Waals surface area contributed by atoms with Crippen LogP contribution in [0.3, 0.4) is 0 Å². The molecule has 0 atom stereocenters.